The molecule has 22 heavy (non-hydrogen) atoms. The summed E-state index contributed by atoms with van der Waals surface area (Å²) in [5.41, 5.74) is 3.15. The minimum Gasteiger partial charge on any atom is -0.280 e. The van der Waals surface area contributed by atoms with Gasteiger partial charge in [-0.2, -0.15) is 0 Å². The Morgan fingerprint density at radius 1 is 0.682 bits per heavy atom. The van der Waals surface area contributed by atoms with E-state index in [-0.39, 0.29) is 11.9 Å². The molecule has 0 saturated carbocycles. The second kappa shape index (κ2) is 6.81. The summed E-state index contributed by atoms with van der Waals surface area (Å²) in [6.07, 6.45) is 1.80. The van der Waals surface area contributed by atoms with Gasteiger partial charge >= 0.3 is 0 Å². The van der Waals surface area contributed by atoms with Crippen LogP contribution in [-0.4, -0.2) is 6.21 Å². The van der Waals surface area contributed by atoms with Crippen LogP contribution in [0, 0.1) is 5.82 Å². The molecule has 0 unspecified atom stereocenters. The van der Waals surface area contributed by atoms with Crippen LogP contribution in [0.3, 0.4) is 0 Å². The largest absolute Gasteiger partial charge is 0.280 e. The van der Waals surface area contributed by atoms with Crippen molar-refractivity contribution in [3.63, 3.8) is 0 Å². The third kappa shape index (κ3) is 3.47. The third-order valence-electron chi connectivity index (χ3n) is 3.47. The van der Waals surface area contributed by atoms with Gasteiger partial charge in [0.1, 0.15) is 5.82 Å². The van der Waals surface area contributed by atoms with Gasteiger partial charge in [-0.05, 0) is 28.8 Å². The van der Waals surface area contributed by atoms with E-state index in [1.807, 2.05) is 36.4 Å². The Kier molecular flexibility index (Phi) is 4.40. The van der Waals surface area contributed by atoms with Crippen molar-refractivity contribution in [1.82, 2.24) is 0 Å². The third-order valence-corrected chi connectivity index (χ3v) is 3.47. The predicted molar refractivity (Wildman–Crippen MR) is 88.7 cm³/mol. The van der Waals surface area contributed by atoms with E-state index in [9.17, 15) is 4.39 Å². The molecular formula is C20H16FN. The van der Waals surface area contributed by atoms with Crippen LogP contribution in [0.15, 0.2) is 89.9 Å². The van der Waals surface area contributed by atoms with Gasteiger partial charge in [-0.15, -0.1) is 0 Å². The Labute approximate surface area is 129 Å². The molecule has 0 atom stereocenters. The molecule has 3 aromatic rings. The van der Waals surface area contributed by atoms with Gasteiger partial charge in [-0.1, -0.05) is 72.8 Å². The first kappa shape index (κ1) is 14.2. The van der Waals surface area contributed by atoms with Gasteiger partial charge in [0.25, 0.3) is 0 Å². The van der Waals surface area contributed by atoms with E-state index in [0.717, 1.165) is 16.7 Å². The molecule has 0 spiro atoms. The fraction of sp³-hybridized carbons (Fsp3) is 0.0500. The SMILES string of the molecule is Fc1ccc(C=NC(c2ccccc2)c2ccccc2)cc1. The summed E-state index contributed by atoms with van der Waals surface area (Å²) in [5.74, 6) is -0.236. The van der Waals surface area contributed by atoms with Crippen LogP contribution in [0.4, 0.5) is 4.39 Å². The zero-order chi connectivity index (χ0) is 15.2. The van der Waals surface area contributed by atoms with Gasteiger partial charge in [0.05, 0.1) is 6.04 Å². The molecule has 0 aliphatic rings. The Bertz CT molecular complexity index is 694. The lowest BCUT2D eigenvalue weighted by atomic mass is 9.99. The number of benzene rings is 3. The fourth-order valence-corrected chi connectivity index (χ4v) is 2.34. The van der Waals surface area contributed by atoms with Gasteiger partial charge in [0.15, 0.2) is 0 Å². The first-order valence-electron chi connectivity index (χ1n) is 7.21. The Hall–Kier alpha value is -2.74. The average molecular weight is 289 g/mol. The smallest absolute Gasteiger partial charge is 0.123 e. The van der Waals surface area contributed by atoms with Crippen LogP contribution in [0.25, 0.3) is 0 Å². The van der Waals surface area contributed by atoms with E-state index in [2.05, 4.69) is 24.3 Å². The molecule has 0 aromatic heterocycles. The highest BCUT2D eigenvalue weighted by Crippen LogP contribution is 2.25. The van der Waals surface area contributed by atoms with Crippen LogP contribution < -0.4 is 0 Å². The maximum absolute atomic E-state index is 13.0. The zero-order valence-corrected chi connectivity index (χ0v) is 12.1. The molecule has 0 amide bonds. The molecule has 3 aromatic carbocycles. The molecule has 0 heterocycles. The van der Waals surface area contributed by atoms with Crippen molar-refractivity contribution in [3.8, 4) is 0 Å². The molecule has 0 bridgehead atoms. The van der Waals surface area contributed by atoms with Crippen molar-refractivity contribution in [2.45, 2.75) is 6.04 Å². The minimum absolute atomic E-state index is 0.0625. The molecule has 0 radical (unpaired) electrons. The highest BCUT2D eigenvalue weighted by atomic mass is 19.1. The number of aliphatic imine (C=N–C) groups is 1. The number of hydrogen-bond donors (Lipinski definition) is 0. The van der Waals surface area contributed by atoms with Crippen LogP contribution in [0.5, 0.6) is 0 Å². The van der Waals surface area contributed by atoms with Crippen molar-refractivity contribution in [1.29, 1.82) is 0 Å². The summed E-state index contributed by atoms with van der Waals surface area (Å²) >= 11 is 0. The summed E-state index contributed by atoms with van der Waals surface area (Å²) in [4.78, 5) is 4.72. The molecule has 2 heteroatoms. The fourth-order valence-electron chi connectivity index (χ4n) is 2.34. The van der Waals surface area contributed by atoms with E-state index in [4.69, 9.17) is 4.99 Å². The monoisotopic (exact) mass is 289 g/mol. The minimum atomic E-state index is -0.236. The molecule has 108 valence electrons. The Morgan fingerprint density at radius 2 is 1.18 bits per heavy atom. The molecule has 3 rings (SSSR count). The van der Waals surface area contributed by atoms with Gasteiger partial charge in [-0.3, -0.25) is 4.99 Å². The second-order valence-corrected chi connectivity index (χ2v) is 5.05. The van der Waals surface area contributed by atoms with Crippen molar-refractivity contribution < 1.29 is 4.39 Å². The first-order chi connectivity index (χ1) is 10.8. The predicted octanol–water partition coefficient (Wildman–Crippen LogP) is 5.03. The highest BCUT2D eigenvalue weighted by molar-refractivity contribution is 5.79. The van der Waals surface area contributed by atoms with Crippen molar-refractivity contribution in [3.05, 3.63) is 107 Å². The topological polar surface area (TPSA) is 12.4 Å². The lowest BCUT2D eigenvalue weighted by Crippen LogP contribution is -1.98. The molecule has 0 fully saturated rings. The van der Waals surface area contributed by atoms with Crippen LogP contribution in [0.2, 0.25) is 0 Å². The van der Waals surface area contributed by atoms with E-state index in [1.165, 1.54) is 12.1 Å². The molecule has 0 aliphatic heterocycles. The average Bonchev–Trinajstić information content (AvgIpc) is 2.59. The molecule has 0 N–H and O–H groups in total. The molecule has 0 saturated heterocycles. The highest BCUT2D eigenvalue weighted by Gasteiger charge is 2.11. The number of halogens is 1. The quantitative estimate of drug-likeness (QED) is 0.597. The van der Waals surface area contributed by atoms with Gasteiger partial charge in [0.2, 0.25) is 0 Å². The lowest BCUT2D eigenvalue weighted by molar-refractivity contribution is 0.628. The maximum Gasteiger partial charge on any atom is 0.123 e. The second-order valence-electron chi connectivity index (χ2n) is 5.05. The van der Waals surface area contributed by atoms with Crippen molar-refractivity contribution in [2.75, 3.05) is 0 Å². The lowest BCUT2D eigenvalue weighted by Gasteiger charge is -2.13. The molecular weight excluding hydrogens is 273 g/mol. The maximum atomic E-state index is 13.0. The van der Waals surface area contributed by atoms with Crippen molar-refractivity contribution in [2.24, 2.45) is 4.99 Å². The van der Waals surface area contributed by atoms with Crippen LogP contribution in [0.1, 0.15) is 22.7 Å². The van der Waals surface area contributed by atoms with E-state index < -0.39 is 0 Å². The van der Waals surface area contributed by atoms with E-state index >= 15 is 0 Å². The number of rotatable bonds is 4. The van der Waals surface area contributed by atoms with Crippen LogP contribution >= 0.6 is 0 Å². The normalized spacial score (nSPS) is 11.2. The number of nitrogens with zero attached hydrogens (tertiary/aromatic N) is 1. The van der Waals surface area contributed by atoms with E-state index in [1.54, 1.807) is 18.3 Å². The standard InChI is InChI=1S/C20H16FN/c21-19-13-11-16(12-14-19)15-22-20(17-7-3-1-4-8-17)18-9-5-2-6-10-18/h1-15,20H. The summed E-state index contributed by atoms with van der Waals surface area (Å²) < 4.78 is 13.0. The molecule has 0 aliphatic carbocycles. The van der Waals surface area contributed by atoms with Gasteiger partial charge < -0.3 is 0 Å². The summed E-state index contributed by atoms with van der Waals surface area (Å²) in [6.45, 7) is 0. The summed E-state index contributed by atoms with van der Waals surface area (Å²) in [7, 11) is 0. The first-order valence-corrected chi connectivity index (χ1v) is 7.21. The van der Waals surface area contributed by atoms with Gasteiger partial charge in [0, 0.05) is 6.21 Å². The Balaban J connectivity index is 1.94. The van der Waals surface area contributed by atoms with Crippen LogP contribution in [-0.2, 0) is 0 Å². The van der Waals surface area contributed by atoms with Crippen molar-refractivity contribution >= 4 is 6.21 Å². The van der Waals surface area contributed by atoms with E-state index in [0.29, 0.717) is 0 Å². The molecule has 1 nitrogen and oxygen atoms in total. The Morgan fingerprint density at radius 3 is 1.68 bits per heavy atom. The summed E-state index contributed by atoms with van der Waals surface area (Å²) in [5, 5.41) is 0. The number of hydrogen-bond acceptors (Lipinski definition) is 1. The zero-order valence-electron chi connectivity index (χ0n) is 12.1. The summed E-state index contributed by atoms with van der Waals surface area (Å²) in [6, 6.07) is 26.6. The van der Waals surface area contributed by atoms with Gasteiger partial charge in [-0.25, -0.2) is 4.39 Å².